The Hall–Kier alpha value is -2.18. The number of aromatic nitrogens is 2. The highest BCUT2D eigenvalue weighted by atomic mass is 16.5. The van der Waals surface area contributed by atoms with Gasteiger partial charge in [-0.3, -0.25) is 4.98 Å². The van der Waals surface area contributed by atoms with Gasteiger partial charge in [-0.05, 0) is 24.6 Å². The third-order valence-electron chi connectivity index (χ3n) is 3.32. The van der Waals surface area contributed by atoms with E-state index in [1.165, 1.54) is 0 Å². The van der Waals surface area contributed by atoms with Crippen molar-refractivity contribution in [2.24, 2.45) is 0 Å². The third kappa shape index (κ3) is 4.41. The van der Waals surface area contributed by atoms with Gasteiger partial charge in [0.25, 0.3) is 0 Å². The van der Waals surface area contributed by atoms with Crippen LogP contribution < -0.4 is 15.4 Å². The van der Waals surface area contributed by atoms with Crippen LogP contribution in [0.5, 0.6) is 5.75 Å². The van der Waals surface area contributed by atoms with Gasteiger partial charge in [-0.1, -0.05) is 12.1 Å². The minimum atomic E-state index is 0.0132. The van der Waals surface area contributed by atoms with Crippen LogP contribution in [0.25, 0.3) is 0 Å². The highest BCUT2D eigenvalue weighted by Gasteiger charge is 2.12. The first-order valence-corrected chi connectivity index (χ1v) is 7.26. The van der Waals surface area contributed by atoms with E-state index in [1.807, 2.05) is 31.2 Å². The lowest BCUT2D eigenvalue weighted by atomic mass is 10.2. The number of aliphatic hydroxyl groups is 1. The van der Waals surface area contributed by atoms with Crippen molar-refractivity contribution in [1.82, 2.24) is 15.3 Å². The number of hydrogen-bond acceptors (Lipinski definition) is 6. The van der Waals surface area contributed by atoms with Crippen molar-refractivity contribution in [1.29, 1.82) is 0 Å². The number of ether oxygens (including phenoxy) is 1. The van der Waals surface area contributed by atoms with Crippen molar-refractivity contribution in [3.8, 4) is 5.75 Å². The molecule has 3 N–H and O–H groups in total. The molecule has 0 spiro atoms. The van der Waals surface area contributed by atoms with E-state index in [2.05, 4.69) is 20.6 Å². The molecule has 118 valence electrons. The highest BCUT2D eigenvalue weighted by molar-refractivity contribution is 5.42. The highest BCUT2D eigenvalue weighted by Crippen LogP contribution is 2.18. The quantitative estimate of drug-likeness (QED) is 0.689. The lowest BCUT2D eigenvalue weighted by Gasteiger charge is -2.16. The number of hydrogen-bond donors (Lipinski definition) is 3. The Morgan fingerprint density at radius 3 is 2.59 bits per heavy atom. The topological polar surface area (TPSA) is 79.3 Å². The maximum atomic E-state index is 8.90. The summed E-state index contributed by atoms with van der Waals surface area (Å²) in [7, 11) is 1.65. The monoisotopic (exact) mass is 302 g/mol. The number of benzene rings is 1. The van der Waals surface area contributed by atoms with Gasteiger partial charge in [0.05, 0.1) is 25.5 Å². The molecule has 6 heteroatoms. The summed E-state index contributed by atoms with van der Waals surface area (Å²) in [6.07, 6.45) is 3.34. The largest absolute Gasteiger partial charge is 0.497 e. The minimum absolute atomic E-state index is 0.0132. The van der Waals surface area contributed by atoms with Crippen molar-refractivity contribution in [3.05, 3.63) is 47.9 Å². The molecule has 2 rings (SSSR count). The van der Waals surface area contributed by atoms with Crippen LogP contribution in [0.1, 0.15) is 24.2 Å². The molecular formula is C16H22N4O2. The van der Waals surface area contributed by atoms with Crippen LogP contribution in [-0.4, -0.2) is 35.3 Å². The van der Waals surface area contributed by atoms with Crippen LogP contribution in [0.2, 0.25) is 0 Å². The molecular weight excluding hydrogens is 280 g/mol. The average molecular weight is 302 g/mol. The number of methoxy groups -OCH3 is 1. The number of nitrogens with one attached hydrogen (secondary N) is 2. The molecule has 6 nitrogen and oxygen atoms in total. The molecule has 1 atom stereocenters. The number of anilines is 1. The molecule has 0 saturated heterocycles. The maximum absolute atomic E-state index is 8.90. The van der Waals surface area contributed by atoms with Crippen LogP contribution in [-0.2, 0) is 6.54 Å². The Morgan fingerprint density at radius 1 is 1.18 bits per heavy atom. The second kappa shape index (κ2) is 8.31. The molecule has 0 unspecified atom stereocenters. The summed E-state index contributed by atoms with van der Waals surface area (Å²) in [6.45, 7) is 3.27. The second-order valence-electron chi connectivity index (χ2n) is 4.89. The smallest absolute Gasteiger partial charge is 0.149 e. The summed E-state index contributed by atoms with van der Waals surface area (Å²) in [6, 6.07) is 7.89. The summed E-state index contributed by atoms with van der Waals surface area (Å²) < 4.78 is 5.15. The predicted molar refractivity (Wildman–Crippen MR) is 85.9 cm³/mol. The molecule has 0 radical (unpaired) electrons. The van der Waals surface area contributed by atoms with Crippen molar-refractivity contribution >= 4 is 5.82 Å². The van der Waals surface area contributed by atoms with Gasteiger partial charge in [-0.25, -0.2) is 4.98 Å². The van der Waals surface area contributed by atoms with Crippen molar-refractivity contribution in [3.63, 3.8) is 0 Å². The van der Waals surface area contributed by atoms with Gasteiger partial charge in [0.15, 0.2) is 0 Å². The fraction of sp³-hybridized carbons (Fsp3) is 0.375. The van der Waals surface area contributed by atoms with E-state index in [-0.39, 0.29) is 12.6 Å². The van der Waals surface area contributed by atoms with Gasteiger partial charge in [-0.15, -0.1) is 0 Å². The molecule has 0 fully saturated rings. The summed E-state index contributed by atoms with van der Waals surface area (Å²) in [4.78, 5) is 8.74. The Labute approximate surface area is 130 Å². The van der Waals surface area contributed by atoms with E-state index >= 15 is 0 Å². The zero-order valence-corrected chi connectivity index (χ0v) is 12.9. The van der Waals surface area contributed by atoms with E-state index in [9.17, 15) is 0 Å². The summed E-state index contributed by atoms with van der Waals surface area (Å²) in [5.74, 6) is 1.59. The third-order valence-corrected chi connectivity index (χ3v) is 3.32. The summed E-state index contributed by atoms with van der Waals surface area (Å²) in [5, 5.41) is 15.4. The molecule has 1 aromatic carbocycles. The maximum Gasteiger partial charge on any atom is 0.149 e. The summed E-state index contributed by atoms with van der Waals surface area (Å²) in [5.41, 5.74) is 1.97. The SMILES string of the molecule is COc1ccc(CNc2nccnc2[C@H](C)NCCO)cc1. The fourth-order valence-electron chi connectivity index (χ4n) is 2.11. The van der Waals surface area contributed by atoms with Gasteiger partial charge in [0.1, 0.15) is 11.6 Å². The molecule has 0 bridgehead atoms. The van der Waals surface area contributed by atoms with Crippen LogP contribution >= 0.6 is 0 Å². The lowest BCUT2D eigenvalue weighted by molar-refractivity contribution is 0.286. The van der Waals surface area contributed by atoms with Crippen LogP contribution in [0, 0.1) is 0 Å². The Morgan fingerprint density at radius 2 is 1.91 bits per heavy atom. The molecule has 22 heavy (non-hydrogen) atoms. The van der Waals surface area contributed by atoms with Crippen molar-refractivity contribution in [2.75, 3.05) is 25.6 Å². The van der Waals surface area contributed by atoms with Gasteiger partial charge < -0.3 is 20.5 Å². The van der Waals surface area contributed by atoms with Crippen LogP contribution in [0.4, 0.5) is 5.82 Å². The van der Waals surface area contributed by atoms with E-state index < -0.39 is 0 Å². The molecule has 1 heterocycles. The molecule has 0 amide bonds. The Bertz CT molecular complexity index is 575. The molecule has 0 aliphatic carbocycles. The van der Waals surface area contributed by atoms with Crippen LogP contribution in [0.3, 0.4) is 0 Å². The first-order valence-electron chi connectivity index (χ1n) is 7.26. The molecule has 0 aliphatic heterocycles. The minimum Gasteiger partial charge on any atom is -0.497 e. The van der Waals surface area contributed by atoms with E-state index in [1.54, 1.807) is 19.5 Å². The Balaban J connectivity index is 2.02. The Kier molecular flexibility index (Phi) is 6.12. The van der Waals surface area contributed by atoms with E-state index in [0.717, 1.165) is 22.8 Å². The fourth-order valence-corrected chi connectivity index (χ4v) is 2.11. The average Bonchev–Trinajstić information content (AvgIpc) is 2.58. The zero-order valence-electron chi connectivity index (χ0n) is 12.9. The normalized spacial score (nSPS) is 12.0. The standard InChI is InChI=1S/C16H22N4O2/c1-12(17-9-10-21)15-16(19-8-7-18-15)20-11-13-3-5-14(22-2)6-4-13/h3-8,12,17,21H,9-11H2,1-2H3,(H,19,20)/t12-/m0/s1. The van der Waals surface area contributed by atoms with Crippen molar-refractivity contribution in [2.45, 2.75) is 19.5 Å². The number of rotatable bonds is 8. The van der Waals surface area contributed by atoms with E-state index in [4.69, 9.17) is 9.84 Å². The number of nitrogens with zero attached hydrogens (tertiary/aromatic N) is 2. The van der Waals surface area contributed by atoms with Gasteiger partial charge in [0, 0.05) is 25.5 Å². The molecule has 0 aliphatic rings. The molecule has 2 aromatic rings. The first-order chi connectivity index (χ1) is 10.7. The first kappa shape index (κ1) is 16.2. The molecule has 1 aromatic heterocycles. The second-order valence-corrected chi connectivity index (χ2v) is 4.89. The van der Waals surface area contributed by atoms with Crippen LogP contribution in [0.15, 0.2) is 36.7 Å². The van der Waals surface area contributed by atoms with E-state index in [0.29, 0.717) is 13.1 Å². The summed E-state index contributed by atoms with van der Waals surface area (Å²) >= 11 is 0. The number of aliphatic hydroxyl groups excluding tert-OH is 1. The predicted octanol–water partition coefficient (Wildman–Crippen LogP) is 1.74. The van der Waals surface area contributed by atoms with Gasteiger partial charge in [-0.2, -0.15) is 0 Å². The van der Waals surface area contributed by atoms with Crippen molar-refractivity contribution < 1.29 is 9.84 Å². The van der Waals surface area contributed by atoms with Gasteiger partial charge >= 0.3 is 0 Å². The van der Waals surface area contributed by atoms with Gasteiger partial charge in [0.2, 0.25) is 0 Å². The lowest BCUT2D eigenvalue weighted by Crippen LogP contribution is -2.24. The zero-order chi connectivity index (χ0) is 15.8. The molecule has 0 saturated carbocycles.